The first-order chi connectivity index (χ1) is 16.1. The molecule has 1 aliphatic rings. The molecule has 8 heteroatoms. The molecule has 178 valence electrons. The van der Waals surface area contributed by atoms with Crippen LogP contribution in [0.15, 0.2) is 42.5 Å². The summed E-state index contributed by atoms with van der Waals surface area (Å²) in [5.41, 5.74) is 0.398. The lowest BCUT2D eigenvalue weighted by atomic mass is 9.98. The Hall–Kier alpha value is -3.65. The molecular formula is C26H26FNO6. The Kier molecular flexibility index (Phi) is 6.18. The molecule has 3 aromatic carbocycles. The van der Waals surface area contributed by atoms with Crippen LogP contribution in [0.2, 0.25) is 0 Å². The maximum absolute atomic E-state index is 15.1. The summed E-state index contributed by atoms with van der Waals surface area (Å²) in [4.78, 5) is 25.6. The van der Waals surface area contributed by atoms with Crippen molar-refractivity contribution in [2.45, 2.75) is 52.6 Å². The van der Waals surface area contributed by atoms with E-state index >= 15 is 4.39 Å². The van der Waals surface area contributed by atoms with Crippen LogP contribution in [-0.4, -0.2) is 34.3 Å². The van der Waals surface area contributed by atoms with Crippen molar-refractivity contribution >= 4 is 28.3 Å². The maximum atomic E-state index is 15.1. The van der Waals surface area contributed by atoms with Gasteiger partial charge in [-0.1, -0.05) is 30.3 Å². The number of benzene rings is 3. The Bertz CT molecular complexity index is 1290. The second kappa shape index (κ2) is 8.95. The first-order valence-electron chi connectivity index (χ1n) is 11.0. The van der Waals surface area contributed by atoms with Crippen molar-refractivity contribution in [3.05, 3.63) is 65.0 Å². The minimum atomic E-state index is -1.53. The molecule has 0 radical (unpaired) electrons. The minimum Gasteiger partial charge on any atom is -0.490 e. The molecule has 2 N–H and O–H groups in total. The smallest absolute Gasteiger partial charge is 0.307 e. The molecule has 1 heterocycles. The molecule has 1 atom stereocenters. The third kappa shape index (κ3) is 4.05. The standard InChI is InChI=1S/C26H26FNO6/c1-13(2)33-23-16-7-5-6-8-17(16)24(34-14(3)4)22-21(23)25(31)28(26(22)32)19-10-9-15(11-18(19)27)12-20(29)30/h5-11,13-14,25,31H,12H2,1-4H3,(H,29,30). The van der Waals surface area contributed by atoms with Crippen LogP contribution in [-0.2, 0) is 11.2 Å². The van der Waals surface area contributed by atoms with Crippen LogP contribution in [0, 0.1) is 5.82 Å². The predicted octanol–water partition coefficient (Wildman–Crippen LogP) is 4.83. The molecule has 3 aromatic rings. The molecule has 34 heavy (non-hydrogen) atoms. The van der Waals surface area contributed by atoms with Gasteiger partial charge < -0.3 is 19.7 Å². The minimum absolute atomic E-state index is 0.115. The Morgan fingerprint density at radius 1 is 1.03 bits per heavy atom. The number of nitrogens with zero attached hydrogens (tertiary/aromatic N) is 1. The van der Waals surface area contributed by atoms with Crippen molar-refractivity contribution in [3.8, 4) is 11.5 Å². The second-order valence-electron chi connectivity index (χ2n) is 8.73. The van der Waals surface area contributed by atoms with Crippen molar-refractivity contribution in [1.29, 1.82) is 0 Å². The van der Waals surface area contributed by atoms with Crippen LogP contribution in [0.25, 0.3) is 10.8 Å². The zero-order chi connectivity index (χ0) is 24.7. The summed E-state index contributed by atoms with van der Waals surface area (Å²) in [6.07, 6.45) is -2.42. The molecule has 7 nitrogen and oxygen atoms in total. The molecule has 0 fully saturated rings. The number of amides is 1. The van der Waals surface area contributed by atoms with Gasteiger partial charge in [0.15, 0.2) is 6.23 Å². The van der Waals surface area contributed by atoms with E-state index in [1.165, 1.54) is 12.1 Å². The van der Waals surface area contributed by atoms with Gasteiger partial charge in [-0.2, -0.15) is 0 Å². The quantitative estimate of drug-likeness (QED) is 0.517. The Morgan fingerprint density at radius 2 is 1.62 bits per heavy atom. The molecule has 1 aliphatic heterocycles. The molecule has 0 aliphatic carbocycles. The van der Waals surface area contributed by atoms with Gasteiger partial charge in [-0.05, 0) is 45.4 Å². The van der Waals surface area contributed by atoms with E-state index < -0.39 is 23.9 Å². The number of fused-ring (bicyclic) bond motifs is 2. The lowest BCUT2D eigenvalue weighted by Gasteiger charge is -2.23. The third-order valence-corrected chi connectivity index (χ3v) is 5.43. The lowest BCUT2D eigenvalue weighted by molar-refractivity contribution is -0.136. The number of rotatable bonds is 7. The SMILES string of the molecule is CC(C)Oc1c2c(c(OC(C)C)c3ccccc13)C(O)N(c1ccc(CC(=O)O)cc1F)C2=O. The van der Waals surface area contributed by atoms with E-state index in [0.717, 1.165) is 11.0 Å². The highest BCUT2D eigenvalue weighted by Crippen LogP contribution is 2.50. The summed E-state index contributed by atoms with van der Waals surface area (Å²) in [6, 6.07) is 11.0. The third-order valence-electron chi connectivity index (χ3n) is 5.43. The molecule has 0 aromatic heterocycles. The zero-order valence-electron chi connectivity index (χ0n) is 19.3. The zero-order valence-corrected chi connectivity index (χ0v) is 19.3. The average molecular weight is 467 g/mol. The number of halogens is 1. The number of hydrogen-bond acceptors (Lipinski definition) is 5. The van der Waals surface area contributed by atoms with Crippen molar-refractivity contribution in [3.63, 3.8) is 0 Å². The van der Waals surface area contributed by atoms with Gasteiger partial charge in [-0.25, -0.2) is 4.39 Å². The molecule has 1 unspecified atom stereocenters. The van der Waals surface area contributed by atoms with Gasteiger partial charge in [0.2, 0.25) is 0 Å². The fraction of sp³-hybridized carbons (Fsp3) is 0.308. The van der Waals surface area contributed by atoms with Gasteiger partial charge >= 0.3 is 5.97 Å². The number of hydrogen-bond donors (Lipinski definition) is 2. The van der Waals surface area contributed by atoms with E-state index in [4.69, 9.17) is 14.6 Å². The molecule has 1 amide bonds. The molecular weight excluding hydrogens is 441 g/mol. The van der Waals surface area contributed by atoms with Crippen LogP contribution in [0.4, 0.5) is 10.1 Å². The molecule has 0 spiro atoms. The van der Waals surface area contributed by atoms with Crippen molar-refractivity contribution in [1.82, 2.24) is 0 Å². The van der Waals surface area contributed by atoms with Gasteiger partial charge in [0.05, 0.1) is 35.4 Å². The van der Waals surface area contributed by atoms with E-state index in [1.807, 2.05) is 52.0 Å². The van der Waals surface area contributed by atoms with E-state index in [2.05, 4.69) is 0 Å². The first kappa shape index (κ1) is 23.5. The van der Waals surface area contributed by atoms with Crippen LogP contribution in [0.5, 0.6) is 11.5 Å². The highest BCUT2D eigenvalue weighted by atomic mass is 19.1. The normalized spacial score (nSPS) is 15.4. The van der Waals surface area contributed by atoms with Crippen molar-refractivity contribution in [2.24, 2.45) is 0 Å². The Balaban J connectivity index is 1.95. The highest BCUT2D eigenvalue weighted by molar-refractivity contribution is 6.17. The number of carbonyl (C=O) groups excluding carboxylic acids is 1. The van der Waals surface area contributed by atoms with E-state index in [1.54, 1.807) is 0 Å². The van der Waals surface area contributed by atoms with E-state index in [0.29, 0.717) is 22.3 Å². The second-order valence-corrected chi connectivity index (χ2v) is 8.73. The van der Waals surface area contributed by atoms with E-state index in [-0.39, 0.29) is 41.0 Å². The fourth-order valence-corrected chi connectivity index (χ4v) is 4.21. The maximum Gasteiger partial charge on any atom is 0.307 e. The number of carboxylic acid groups (broad SMARTS) is 1. The number of aliphatic hydroxyl groups excluding tert-OH is 1. The van der Waals surface area contributed by atoms with E-state index in [9.17, 15) is 14.7 Å². The monoisotopic (exact) mass is 467 g/mol. The number of ether oxygens (including phenoxy) is 2. The lowest BCUT2D eigenvalue weighted by Crippen LogP contribution is -2.28. The number of anilines is 1. The summed E-state index contributed by atoms with van der Waals surface area (Å²) in [7, 11) is 0. The number of aliphatic carboxylic acids is 1. The molecule has 0 saturated carbocycles. The van der Waals surface area contributed by atoms with Crippen molar-refractivity contribution in [2.75, 3.05) is 4.90 Å². The van der Waals surface area contributed by atoms with Crippen LogP contribution >= 0.6 is 0 Å². The fourth-order valence-electron chi connectivity index (χ4n) is 4.21. The topological polar surface area (TPSA) is 96.3 Å². The van der Waals surface area contributed by atoms with Gasteiger partial charge in [0.25, 0.3) is 5.91 Å². The largest absolute Gasteiger partial charge is 0.490 e. The summed E-state index contributed by atoms with van der Waals surface area (Å²) < 4.78 is 27.2. The Labute approximate surface area is 196 Å². The van der Waals surface area contributed by atoms with Crippen molar-refractivity contribution < 1.29 is 33.7 Å². The van der Waals surface area contributed by atoms with Gasteiger partial charge in [-0.15, -0.1) is 0 Å². The summed E-state index contributed by atoms with van der Waals surface area (Å²) in [5, 5.41) is 21.6. The summed E-state index contributed by atoms with van der Waals surface area (Å²) in [6.45, 7) is 7.32. The Morgan fingerprint density at radius 3 is 2.18 bits per heavy atom. The van der Waals surface area contributed by atoms with Crippen LogP contribution in [0.1, 0.15) is 55.4 Å². The summed E-state index contributed by atoms with van der Waals surface area (Å²) >= 11 is 0. The van der Waals surface area contributed by atoms with Gasteiger partial charge in [0, 0.05) is 10.8 Å². The average Bonchev–Trinajstić information content (AvgIpc) is 3.00. The van der Waals surface area contributed by atoms with Gasteiger partial charge in [-0.3, -0.25) is 14.5 Å². The highest BCUT2D eigenvalue weighted by Gasteiger charge is 2.44. The molecule has 4 rings (SSSR count). The van der Waals surface area contributed by atoms with Gasteiger partial charge in [0.1, 0.15) is 17.3 Å². The molecule has 0 saturated heterocycles. The number of carboxylic acids is 1. The molecule has 0 bridgehead atoms. The van der Waals surface area contributed by atoms with Crippen LogP contribution in [0.3, 0.4) is 0 Å². The first-order valence-corrected chi connectivity index (χ1v) is 11.0. The predicted molar refractivity (Wildman–Crippen MR) is 125 cm³/mol. The number of carbonyl (C=O) groups is 2. The summed E-state index contributed by atoms with van der Waals surface area (Å²) in [5.74, 6) is -1.92. The number of aliphatic hydroxyl groups is 1. The van der Waals surface area contributed by atoms with Crippen LogP contribution < -0.4 is 14.4 Å².